The number of amides is 1. The molecule has 98 valence electrons. The predicted octanol–water partition coefficient (Wildman–Crippen LogP) is 1.10. The van der Waals surface area contributed by atoms with Crippen LogP contribution in [0.1, 0.15) is 19.3 Å². The molecule has 0 aromatic rings. The van der Waals surface area contributed by atoms with Crippen molar-refractivity contribution in [2.24, 2.45) is 11.8 Å². The Morgan fingerprint density at radius 2 is 1.88 bits per heavy atom. The highest BCUT2D eigenvalue weighted by Crippen LogP contribution is 2.31. The lowest BCUT2D eigenvalue weighted by Crippen LogP contribution is -2.33. The zero-order valence-electron chi connectivity index (χ0n) is 8.79. The summed E-state index contributed by atoms with van der Waals surface area (Å²) in [6.45, 7) is -1.56. The number of rotatable bonds is 4. The van der Waals surface area contributed by atoms with E-state index in [1.807, 2.05) is 0 Å². The number of hydroxylamine groups is 1. The monoisotopic (exact) mass is 255 g/mol. The summed E-state index contributed by atoms with van der Waals surface area (Å²) < 4.78 is 35.1. The SMILES string of the molecule is O=C(O)C1CCC(C(=O)NOCC(F)(F)F)C1. The van der Waals surface area contributed by atoms with Crippen molar-refractivity contribution in [1.29, 1.82) is 0 Å². The van der Waals surface area contributed by atoms with Crippen LogP contribution >= 0.6 is 0 Å². The number of carbonyl (C=O) groups excluding carboxylic acids is 1. The summed E-state index contributed by atoms with van der Waals surface area (Å²) in [7, 11) is 0. The third kappa shape index (κ3) is 4.59. The summed E-state index contributed by atoms with van der Waals surface area (Å²) in [4.78, 5) is 25.9. The van der Waals surface area contributed by atoms with Gasteiger partial charge in [0.05, 0.1) is 5.92 Å². The van der Waals surface area contributed by atoms with Gasteiger partial charge in [-0.25, -0.2) is 5.48 Å². The Hall–Kier alpha value is -1.31. The summed E-state index contributed by atoms with van der Waals surface area (Å²) >= 11 is 0. The first-order valence-corrected chi connectivity index (χ1v) is 5.01. The van der Waals surface area contributed by atoms with Crippen LogP contribution in [0.15, 0.2) is 0 Å². The standard InChI is InChI=1S/C9H12F3NO4/c10-9(11,12)4-17-13-7(14)5-1-2-6(3-5)8(15)16/h5-6H,1-4H2,(H,13,14)(H,15,16). The zero-order valence-corrected chi connectivity index (χ0v) is 8.79. The lowest BCUT2D eigenvalue weighted by Gasteiger charge is -2.11. The van der Waals surface area contributed by atoms with Gasteiger partial charge in [0.15, 0.2) is 6.61 Å². The molecule has 2 N–H and O–H groups in total. The second-order valence-electron chi connectivity index (χ2n) is 3.92. The Balaban J connectivity index is 2.28. The Bertz CT molecular complexity index is 305. The van der Waals surface area contributed by atoms with Crippen LogP contribution in [0.25, 0.3) is 0 Å². The van der Waals surface area contributed by atoms with Gasteiger partial charge < -0.3 is 5.11 Å². The normalized spacial score (nSPS) is 24.6. The molecule has 0 heterocycles. The lowest BCUT2D eigenvalue weighted by molar-refractivity contribution is -0.192. The summed E-state index contributed by atoms with van der Waals surface area (Å²) in [5, 5.41) is 8.68. The maximum atomic E-state index is 11.7. The lowest BCUT2D eigenvalue weighted by atomic mass is 10.1. The molecule has 0 bridgehead atoms. The van der Waals surface area contributed by atoms with Crippen LogP contribution in [0, 0.1) is 11.8 Å². The van der Waals surface area contributed by atoms with Crippen LogP contribution in [0.3, 0.4) is 0 Å². The van der Waals surface area contributed by atoms with Gasteiger partial charge in [-0.1, -0.05) is 0 Å². The molecule has 8 heteroatoms. The molecule has 1 amide bonds. The molecule has 1 rings (SSSR count). The number of hydrogen-bond donors (Lipinski definition) is 2. The van der Waals surface area contributed by atoms with E-state index in [1.165, 1.54) is 0 Å². The largest absolute Gasteiger partial charge is 0.481 e. The van der Waals surface area contributed by atoms with Crippen LogP contribution in [0.2, 0.25) is 0 Å². The minimum Gasteiger partial charge on any atom is -0.481 e. The smallest absolute Gasteiger partial charge is 0.414 e. The molecule has 2 atom stereocenters. The van der Waals surface area contributed by atoms with E-state index in [4.69, 9.17) is 5.11 Å². The quantitative estimate of drug-likeness (QED) is 0.737. The number of halogens is 3. The van der Waals surface area contributed by atoms with Crippen molar-refractivity contribution in [2.45, 2.75) is 25.4 Å². The molecule has 2 unspecified atom stereocenters. The number of nitrogens with one attached hydrogen (secondary N) is 1. The van der Waals surface area contributed by atoms with Gasteiger partial charge in [-0.2, -0.15) is 13.2 Å². The Morgan fingerprint density at radius 1 is 1.29 bits per heavy atom. The fourth-order valence-corrected chi connectivity index (χ4v) is 1.72. The number of alkyl halides is 3. The highest BCUT2D eigenvalue weighted by atomic mass is 19.4. The zero-order chi connectivity index (χ0) is 13.1. The van der Waals surface area contributed by atoms with Gasteiger partial charge in [-0.3, -0.25) is 14.4 Å². The molecule has 0 aromatic heterocycles. The maximum Gasteiger partial charge on any atom is 0.414 e. The van der Waals surface area contributed by atoms with Crippen LogP contribution in [-0.2, 0) is 14.4 Å². The number of carboxylic acid groups (broad SMARTS) is 1. The van der Waals surface area contributed by atoms with E-state index in [-0.39, 0.29) is 6.42 Å². The summed E-state index contributed by atoms with van der Waals surface area (Å²) in [6.07, 6.45) is -3.67. The molecular formula is C9H12F3NO4. The van der Waals surface area contributed by atoms with Gasteiger partial charge >= 0.3 is 12.1 Å². The molecule has 1 saturated carbocycles. The average Bonchev–Trinajstić information content (AvgIpc) is 2.63. The minimum atomic E-state index is -4.51. The van der Waals surface area contributed by atoms with Gasteiger partial charge in [0.25, 0.3) is 0 Å². The van der Waals surface area contributed by atoms with E-state index in [1.54, 1.807) is 5.48 Å². The van der Waals surface area contributed by atoms with Crippen molar-refractivity contribution in [3.05, 3.63) is 0 Å². The predicted molar refractivity (Wildman–Crippen MR) is 48.6 cm³/mol. The van der Waals surface area contributed by atoms with E-state index in [0.717, 1.165) is 0 Å². The van der Waals surface area contributed by atoms with Crippen molar-refractivity contribution in [2.75, 3.05) is 6.61 Å². The van der Waals surface area contributed by atoms with Gasteiger partial charge in [-0.15, -0.1) is 0 Å². The highest BCUT2D eigenvalue weighted by molar-refractivity contribution is 5.80. The van der Waals surface area contributed by atoms with Crippen molar-refractivity contribution in [3.8, 4) is 0 Å². The minimum absolute atomic E-state index is 0.135. The third-order valence-electron chi connectivity index (χ3n) is 2.56. The van der Waals surface area contributed by atoms with E-state index in [0.29, 0.717) is 12.8 Å². The fourth-order valence-electron chi connectivity index (χ4n) is 1.72. The average molecular weight is 255 g/mol. The molecule has 1 aliphatic rings. The summed E-state index contributed by atoms with van der Waals surface area (Å²) in [5.41, 5.74) is 1.69. The van der Waals surface area contributed by atoms with Crippen molar-refractivity contribution >= 4 is 11.9 Å². The van der Waals surface area contributed by atoms with Gasteiger partial charge in [0, 0.05) is 5.92 Å². The maximum absolute atomic E-state index is 11.7. The number of aliphatic carboxylic acids is 1. The summed E-state index contributed by atoms with van der Waals surface area (Å²) in [5.74, 6) is -2.88. The Labute approximate surface area is 94.9 Å². The van der Waals surface area contributed by atoms with Crippen molar-refractivity contribution in [1.82, 2.24) is 5.48 Å². The van der Waals surface area contributed by atoms with E-state index in [9.17, 15) is 22.8 Å². The fraction of sp³-hybridized carbons (Fsp3) is 0.778. The first-order valence-electron chi connectivity index (χ1n) is 5.01. The first-order chi connectivity index (χ1) is 7.79. The molecular weight excluding hydrogens is 243 g/mol. The van der Waals surface area contributed by atoms with Crippen molar-refractivity contribution < 1.29 is 32.7 Å². The van der Waals surface area contributed by atoms with Crippen LogP contribution in [-0.4, -0.2) is 29.8 Å². The molecule has 0 spiro atoms. The van der Waals surface area contributed by atoms with Gasteiger partial charge in [-0.05, 0) is 19.3 Å². The summed E-state index contributed by atoms with van der Waals surface area (Å²) in [6, 6.07) is 0. The van der Waals surface area contributed by atoms with Gasteiger partial charge in [0.1, 0.15) is 0 Å². The van der Waals surface area contributed by atoms with Gasteiger partial charge in [0.2, 0.25) is 5.91 Å². The van der Waals surface area contributed by atoms with Crippen LogP contribution < -0.4 is 5.48 Å². The van der Waals surface area contributed by atoms with Crippen LogP contribution in [0.5, 0.6) is 0 Å². The van der Waals surface area contributed by atoms with E-state index in [2.05, 4.69) is 4.84 Å². The molecule has 1 fully saturated rings. The second kappa shape index (κ2) is 5.35. The molecule has 0 radical (unpaired) electrons. The number of hydrogen-bond acceptors (Lipinski definition) is 3. The van der Waals surface area contributed by atoms with Crippen LogP contribution in [0.4, 0.5) is 13.2 Å². The number of carbonyl (C=O) groups is 2. The Kier molecular flexibility index (Phi) is 4.33. The van der Waals surface area contributed by atoms with Crippen molar-refractivity contribution in [3.63, 3.8) is 0 Å². The Morgan fingerprint density at radius 3 is 2.35 bits per heavy atom. The topological polar surface area (TPSA) is 75.6 Å². The van der Waals surface area contributed by atoms with E-state index >= 15 is 0 Å². The highest BCUT2D eigenvalue weighted by Gasteiger charge is 2.34. The molecule has 1 aliphatic carbocycles. The molecule has 0 aromatic carbocycles. The molecule has 0 aliphatic heterocycles. The van der Waals surface area contributed by atoms with E-state index < -0.39 is 36.5 Å². The second-order valence-corrected chi connectivity index (χ2v) is 3.92. The first kappa shape index (κ1) is 13.8. The molecule has 5 nitrogen and oxygen atoms in total. The molecule has 17 heavy (non-hydrogen) atoms. The number of carboxylic acids is 1. The molecule has 0 saturated heterocycles. The third-order valence-corrected chi connectivity index (χ3v) is 2.56.